The van der Waals surface area contributed by atoms with E-state index in [4.69, 9.17) is 5.73 Å². The largest absolute Gasteiger partial charge is 0.324 e. The van der Waals surface area contributed by atoms with Gasteiger partial charge in [0.25, 0.3) is 0 Å². The van der Waals surface area contributed by atoms with E-state index in [1.807, 2.05) is 6.92 Å². The molecule has 18 heavy (non-hydrogen) atoms. The van der Waals surface area contributed by atoms with E-state index >= 15 is 0 Å². The maximum atomic E-state index is 5.85. The molecule has 2 aromatic carbocycles. The Labute approximate surface area is 113 Å². The molecule has 0 fully saturated rings. The third-order valence-electron chi connectivity index (χ3n) is 3.12. The SMILES string of the molecule is Cc1ccc(Sc2ccc(C(C)N)cc2)cc1C. The number of nitrogens with two attached hydrogens (primary N) is 1. The highest BCUT2D eigenvalue weighted by Gasteiger charge is 2.02. The summed E-state index contributed by atoms with van der Waals surface area (Å²) >= 11 is 1.79. The van der Waals surface area contributed by atoms with Gasteiger partial charge in [0, 0.05) is 15.8 Å². The van der Waals surface area contributed by atoms with Gasteiger partial charge in [-0.2, -0.15) is 0 Å². The van der Waals surface area contributed by atoms with Crippen LogP contribution in [-0.2, 0) is 0 Å². The van der Waals surface area contributed by atoms with Crippen molar-refractivity contribution in [3.63, 3.8) is 0 Å². The van der Waals surface area contributed by atoms with E-state index in [-0.39, 0.29) is 6.04 Å². The summed E-state index contributed by atoms with van der Waals surface area (Å²) in [7, 11) is 0. The van der Waals surface area contributed by atoms with E-state index in [2.05, 4.69) is 56.3 Å². The molecule has 0 aliphatic rings. The molecule has 0 radical (unpaired) electrons. The molecule has 0 saturated heterocycles. The highest BCUT2D eigenvalue weighted by atomic mass is 32.2. The fourth-order valence-electron chi connectivity index (χ4n) is 1.75. The molecule has 2 aromatic rings. The van der Waals surface area contributed by atoms with Crippen LogP contribution in [0.1, 0.15) is 29.7 Å². The van der Waals surface area contributed by atoms with Gasteiger partial charge in [-0.15, -0.1) is 0 Å². The van der Waals surface area contributed by atoms with E-state index < -0.39 is 0 Å². The van der Waals surface area contributed by atoms with E-state index in [9.17, 15) is 0 Å². The van der Waals surface area contributed by atoms with Crippen molar-refractivity contribution in [3.8, 4) is 0 Å². The smallest absolute Gasteiger partial charge is 0.0266 e. The summed E-state index contributed by atoms with van der Waals surface area (Å²) in [5, 5.41) is 0. The van der Waals surface area contributed by atoms with E-state index in [1.165, 1.54) is 26.5 Å². The van der Waals surface area contributed by atoms with Gasteiger partial charge < -0.3 is 5.73 Å². The second-order valence-corrected chi connectivity index (χ2v) is 5.85. The van der Waals surface area contributed by atoms with Crippen LogP contribution in [0.3, 0.4) is 0 Å². The maximum absolute atomic E-state index is 5.85. The molecule has 94 valence electrons. The van der Waals surface area contributed by atoms with Crippen LogP contribution < -0.4 is 5.73 Å². The van der Waals surface area contributed by atoms with Gasteiger partial charge in [0.2, 0.25) is 0 Å². The van der Waals surface area contributed by atoms with Crippen molar-refractivity contribution >= 4 is 11.8 Å². The Morgan fingerprint density at radius 3 is 2.06 bits per heavy atom. The average Bonchev–Trinajstić information content (AvgIpc) is 2.34. The maximum Gasteiger partial charge on any atom is 0.0266 e. The molecule has 0 aromatic heterocycles. The molecular weight excluding hydrogens is 238 g/mol. The molecule has 0 amide bonds. The summed E-state index contributed by atoms with van der Waals surface area (Å²) in [5.74, 6) is 0. The third kappa shape index (κ3) is 3.15. The zero-order chi connectivity index (χ0) is 13.1. The molecule has 2 N–H and O–H groups in total. The van der Waals surface area contributed by atoms with Crippen molar-refractivity contribution in [1.29, 1.82) is 0 Å². The van der Waals surface area contributed by atoms with Crippen LogP contribution in [0.2, 0.25) is 0 Å². The van der Waals surface area contributed by atoms with Crippen LogP contribution in [0, 0.1) is 13.8 Å². The highest BCUT2D eigenvalue weighted by molar-refractivity contribution is 7.99. The van der Waals surface area contributed by atoms with Crippen molar-refractivity contribution in [3.05, 3.63) is 59.2 Å². The predicted molar refractivity (Wildman–Crippen MR) is 79.1 cm³/mol. The van der Waals surface area contributed by atoms with Gasteiger partial charge in [-0.3, -0.25) is 0 Å². The molecule has 1 unspecified atom stereocenters. The van der Waals surface area contributed by atoms with Crippen molar-refractivity contribution in [2.45, 2.75) is 36.6 Å². The van der Waals surface area contributed by atoms with Gasteiger partial charge in [0.05, 0.1) is 0 Å². The Balaban J connectivity index is 2.15. The fourth-order valence-corrected chi connectivity index (χ4v) is 2.67. The summed E-state index contributed by atoms with van der Waals surface area (Å²) < 4.78 is 0. The Bertz CT molecular complexity index is 529. The zero-order valence-electron chi connectivity index (χ0n) is 11.1. The first kappa shape index (κ1) is 13.2. The van der Waals surface area contributed by atoms with Crippen LogP contribution >= 0.6 is 11.8 Å². The highest BCUT2D eigenvalue weighted by Crippen LogP contribution is 2.29. The summed E-state index contributed by atoms with van der Waals surface area (Å²) in [6.07, 6.45) is 0. The summed E-state index contributed by atoms with van der Waals surface area (Å²) in [6, 6.07) is 15.2. The number of aryl methyl sites for hydroxylation is 2. The number of hydrogen-bond acceptors (Lipinski definition) is 2. The number of rotatable bonds is 3. The monoisotopic (exact) mass is 257 g/mol. The van der Waals surface area contributed by atoms with Crippen LogP contribution in [-0.4, -0.2) is 0 Å². The van der Waals surface area contributed by atoms with Gasteiger partial charge in [0.1, 0.15) is 0 Å². The van der Waals surface area contributed by atoms with Crippen molar-refractivity contribution < 1.29 is 0 Å². The Morgan fingerprint density at radius 1 is 0.889 bits per heavy atom. The minimum absolute atomic E-state index is 0.102. The molecule has 0 bridgehead atoms. The second-order valence-electron chi connectivity index (χ2n) is 4.71. The Hall–Kier alpha value is -1.25. The lowest BCUT2D eigenvalue weighted by Crippen LogP contribution is -2.04. The minimum Gasteiger partial charge on any atom is -0.324 e. The first-order valence-corrected chi connectivity index (χ1v) is 6.98. The molecule has 0 saturated carbocycles. The van der Waals surface area contributed by atoms with Crippen LogP contribution in [0.5, 0.6) is 0 Å². The normalized spacial score (nSPS) is 12.4. The van der Waals surface area contributed by atoms with Crippen LogP contribution in [0.15, 0.2) is 52.3 Å². The molecule has 0 aliphatic heterocycles. The third-order valence-corrected chi connectivity index (χ3v) is 4.12. The van der Waals surface area contributed by atoms with E-state index in [0.717, 1.165) is 0 Å². The zero-order valence-corrected chi connectivity index (χ0v) is 11.9. The fraction of sp³-hybridized carbons (Fsp3) is 0.250. The molecule has 1 nitrogen and oxygen atoms in total. The van der Waals surface area contributed by atoms with Gasteiger partial charge in [-0.1, -0.05) is 30.0 Å². The first-order valence-electron chi connectivity index (χ1n) is 6.17. The molecule has 0 aliphatic carbocycles. The van der Waals surface area contributed by atoms with Crippen LogP contribution in [0.25, 0.3) is 0 Å². The average molecular weight is 257 g/mol. The minimum atomic E-state index is 0.102. The number of hydrogen-bond donors (Lipinski definition) is 1. The Kier molecular flexibility index (Phi) is 4.10. The molecule has 1 atom stereocenters. The Morgan fingerprint density at radius 2 is 1.50 bits per heavy atom. The van der Waals surface area contributed by atoms with Gasteiger partial charge >= 0.3 is 0 Å². The van der Waals surface area contributed by atoms with Gasteiger partial charge in [-0.05, 0) is 61.7 Å². The van der Waals surface area contributed by atoms with Crippen molar-refractivity contribution in [2.75, 3.05) is 0 Å². The lowest BCUT2D eigenvalue weighted by molar-refractivity contribution is 0.817. The number of benzene rings is 2. The molecule has 0 spiro atoms. The second kappa shape index (κ2) is 5.59. The first-order chi connectivity index (χ1) is 8.56. The van der Waals surface area contributed by atoms with Crippen molar-refractivity contribution in [1.82, 2.24) is 0 Å². The van der Waals surface area contributed by atoms with Crippen molar-refractivity contribution in [2.24, 2.45) is 5.73 Å². The lowest BCUT2D eigenvalue weighted by atomic mass is 10.1. The quantitative estimate of drug-likeness (QED) is 0.877. The molecule has 0 heterocycles. The molecule has 2 rings (SSSR count). The van der Waals surface area contributed by atoms with E-state index in [1.54, 1.807) is 11.8 Å². The summed E-state index contributed by atoms with van der Waals surface area (Å²) in [5.41, 5.74) is 9.71. The van der Waals surface area contributed by atoms with Gasteiger partial charge in [0.15, 0.2) is 0 Å². The summed E-state index contributed by atoms with van der Waals surface area (Å²) in [6.45, 7) is 6.30. The lowest BCUT2D eigenvalue weighted by Gasteiger charge is -2.08. The standard InChI is InChI=1S/C16H19NS/c1-11-4-7-16(10-12(11)2)18-15-8-5-14(6-9-15)13(3)17/h4-10,13H,17H2,1-3H3. The molecule has 2 heteroatoms. The summed E-state index contributed by atoms with van der Waals surface area (Å²) in [4.78, 5) is 2.54. The van der Waals surface area contributed by atoms with E-state index in [0.29, 0.717) is 0 Å². The molecular formula is C16H19NS. The predicted octanol–water partition coefficient (Wildman–Crippen LogP) is 4.47. The van der Waals surface area contributed by atoms with Crippen LogP contribution in [0.4, 0.5) is 0 Å². The topological polar surface area (TPSA) is 26.0 Å². The van der Waals surface area contributed by atoms with Gasteiger partial charge in [-0.25, -0.2) is 0 Å².